The molecular formula is C8H10N4O. The summed E-state index contributed by atoms with van der Waals surface area (Å²) in [6.07, 6.45) is 4.22. The normalized spacial score (nSPS) is 19.2. The van der Waals surface area contributed by atoms with Gasteiger partial charge in [-0.05, 0) is 6.07 Å². The molecule has 5 heteroatoms. The average Bonchev–Trinajstić information content (AvgIpc) is 2.69. The first-order valence-electron chi connectivity index (χ1n) is 4.11. The third-order valence-electron chi connectivity index (χ3n) is 1.68. The summed E-state index contributed by atoms with van der Waals surface area (Å²) in [5.41, 5.74) is 3.78. The number of aromatic nitrogens is 2. The zero-order valence-corrected chi connectivity index (χ0v) is 7.10. The first kappa shape index (κ1) is 8.12. The Kier molecular flexibility index (Phi) is 2.47. The van der Waals surface area contributed by atoms with Crippen LogP contribution in [-0.4, -0.2) is 28.9 Å². The fourth-order valence-electron chi connectivity index (χ4n) is 1.03. The van der Waals surface area contributed by atoms with Crippen molar-refractivity contribution in [3.63, 3.8) is 0 Å². The second-order valence-electron chi connectivity index (χ2n) is 2.66. The van der Waals surface area contributed by atoms with E-state index in [0.29, 0.717) is 12.6 Å². The molecule has 68 valence electrons. The van der Waals surface area contributed by atoms with Crippen LogP contribution in [-0.2, 0) is 4.74 Å². The Bertz CT molecular complexity index is 290. The summed E-state index contributed by atoms with van der Waals surface area (Å²) in [7, 11) is 0. The Balaban J connectivity index is 1.95. The predicted molar refractivity (Wildman–Crippen MR) is 48.5 cm³/mol. The number of rotatable bonds is 2. The second kappa shape index (κ2) is 3.95. The van der Waals surface area contributed by atoms with E-state index in [9.17, 15) is 0 Å². The van der Waals surface area contributed by atoms with Crippen LogP contribution in [0.25, 0.3) is 0 Å². The zero-order valence-electron chi connectivity index (χ0n) is 7.10. The van der Waals surface area contributed by atoms with E-state index in [1.807, 2.05) is 0 Å². The minimum atomic E-state index is 0.516. The van der Waals surface area contributed by atoms with Crippen LogP contribution in [0.2, 0.25) is 0 Å². The summed E-state index contributed by atoms with van der Waals surface area (Å²) in [5.74, 6) is 0.516. The first-order chi connectivity index (χ1) is 6.45. The molecule has 13 heavy (non-hydrogen) atoms. The smallest absolute Gasteiger partial charge is 0.243 e. The molecule has 5 nitrogen and oxygen atoms in total. The lowest BCUT2D eigenvalue weighted by Gasteiger charge is -1.97. The fourth-order valence-corrected chi connectivity index (χ4v) is 1.03. The maximum Gasteiger partial charge on any atom is 0.243 e. The molecule has 1 aliphatic heterocycles. The van der Waals surface area contributed by atoms with Crippen molar-refractivity contribution in [1.82, 2.24) is 9.97 Å². The SMILES string of the molecule is c1cnc(N/N=C2/CCOC2)nc1. The summed E-state index contributed by atoms with van der Waals surface area (Å²) < 4.78 is 5.13. The Hall–Kier alpha value is -1.49. The molecule has 1 aliphatic rings. The Morgan fingerprint density at radius 1 is 1.38 bits per heavy atom. The second-order valence-corrected chi connectivity index (χ2v) is 2.66. The summed E-state index contributed by atoms with van der Waals surface area (Å²) in [4.78, 5) is 7.94. The number of nitrogens with one attached hydrogen (secondary N) is 1. The first-order valence-corrected chi connectivity index (χ1v) is 4.11. The number of ether oxygens (including phenoxy) is 1. The van der Waals surface area contributed by atoms with Gasteiger partial charge in [0.05, 0.1) is 18.9 Å². The number of hydrogen-bond acceptors (Lipinski definition) is 5. The van der Waals surface area contributed by atoms with Crippen LogP contribution in [0.15, 0.2) is 23.6 Å². The summed E-state index contributed by atoms with van der Waals surface area (Å²) >= 11 is 0. The van der Waals surface area contributed by atoms with E-state index < -0.39 is 0 Å². The molecule has 0 amide bonds. The van der Waals surface area contributed by atoms with Gasteiger partial charge in [0, 0.05) is 18.8 Å². The highest BCUT2D eigenvalue weighted by Gasteiger charge is 2.07. The van der Waals surface area contributed by atoms with E-state index in [1.54, 1.807) is 18.5 Å². The maximum atomic E-state index is 5.13. The standard InChI is InChI=1S/C8H10N4O/c1-3-9-8(10-4-1)12-11-7-2-5-13-6-7/h1,3-4H,2,5-6H2,(H,9,10,12)/b11-7-. The van der Waals surface area contributed by atoms with Crippen molar-refractivity contribution in [2.45, 2.75) is 6.42 Å². The van der Waals surface area contributed by atoms with E-state index in [1.165, 1.54) is 0 Å². The molecule has 1 N–H and O–H groups in total. The third kappa shape index (κ3) is 2.22. The molecule has 0 atom stereocenters. The van der Waals surface area contributed by atoms with E-state index in [-0.39, 0.29) is 0 Å². The van der Waals surface area contributed by atoms with Gasteiger partial charge in [0.15, 0.2) is 0 Å². The number of hydrazone groups is 1. The lowest BCUT2D eigenvalue weighted by molar-refractivity contribution is 0.209. The topological polar surface area (TPSA) is 59.4 Å². The highest BCUT2D eigenvalue weighted by Crippen LogP contribution is 2.01. The molecule has 1 fully saturated rings. The van der Waals surface area contributed by atoms with Crippen LogP contribution in [0, 0.1) is 0 Å². The van der Waals surface area contributed by atoms with Gasteiger partial charge in [-0.3, -0.25) is 0 Å². The Labute approximate surface area is 75.9 Å². The molecule has 2 rings (SSSR count). The van der Waals surface area contributed by atoms with Gasteiger partial charge < -0.3 is 4.74 Å². The minimum Gasteiger partial charge on any atom is -0.375 e. The molecule has 0 aliphatic carbocycles. The molecule has 0 saturated carbocycles. The van der Waals surface area contributed by atoms with Crippen LogP contribution in [0.3, 0.4) is 0 Å². The maximum absolute atomic E-state index is 5.13. The van der Waals surface area contributed by atoms with Crippen molar-refractivity contribution in [3.05, 3.63) is 18.5 Å². The van der Waals surface area contributed by atoms with Crippen LogP contribution < -0.4 is 5.43 Å². The summed E-state index contributed by atoms with van der Waals surface area (Å²) in [5, 5.41) is 4.11. The molecular weight excluding hydrogens is 168 g/mol. The average molecular weight is 178 g/mol. The molecule has 0 spiro atoms. The van der Waals surface area contributed by atoms with Crippen molar-refractivity contribution < 1.29 is 4.74 Å². The molecule has 0 unspecified atom stereocenters. The highest BCUT2D eigenvalue weighted by atomic mass is 16.5. The van der Waals surface area contributed by atoms with Crippen molar-refractivity contribution in [2.24, 2.45) is 5.10 Å². The van der Waals surface area contributed by atoms with Crippen LogP contribution in [0.1, 0.15) is 6.42 Å². The monoisotopic (exact) mass is 178 g/mol. The fraction of sp³-hybridized carbons (Fsp3) is 0.375. The van der Waals surface area contributed by atoms with Crippen LogP contribution in [0.5, 0.6) is 0 Å². The van der Waals surface area contributed by atoms with Gasteiger partial charge in [-0.25, -0.2) is 15.4 Å². The van der Waals surface area contributed by atoms with E-state index >= 15 is 0 Å². The van der Waals surface area contributed by atoms with E-state index in [0.717, 1.165) is 18.7 Å². The summed E-state index contributed by atoms with van der Waals surface area (Å²) in [6.45, 7) is 1.37. The number of hydrogen-bond donors (Lipinski definition) is 1. The van der Waals surface area contributed by atoms with E-state index in [2.05, 4.69) is 20.5 Å². The zero-order chi connectivity index (χ0) is 8.93. The minimum absolute atomic E-state index is 0.516. The molecule has 0 radical (unpaired) electrons. The lowest BCUT2D eigenvalue weighted by Crippen LogP contribution is -2.02. The number of anilines is 1. The Morgan fingerprint density at radius 3 is 2.92 bits per heavy atom. The van der Waals surface area contributed by atoms with Gasteiger partial charge in [0.1, 0.15) is 0 Å². The molecule has 1 aromatic rings. The summed E-state index contributed by atoms with van der Waals surface area (Å²) in [6, 6.07) is 1.76. The van der Waals surface area contributed by atoms with Gasteiger partial charge >= 0.3 is 0 Å². The molecule has 2 heterocycles. The Morgan fingerprint density at radius 2 is 2.23 bits per heavy atom. The van der Waals surface area contributed by atoms with Gasteiger partial charge in [-0.2, -0.15) is 5.10 Å². The van der Waals surface area contributed by atoms with Crippen LogP contribution in [0.4, 0.5) is 5.95 Å². The molecule has 0 bridgehead atoms. The van der Waals surface area contributed by atoms with Gasteiger partial charge in [-0.15, -0.1) is 0 Å². The largest absolute Gasteiger partial charge is 0.375 e. The van der Waals surface area contributed by atoms with Crippen molar-refractivity contribution in [2.75, 3.05) is 18.6 Å². The van der Waals surface area contributed by atoms with E-state index in [4.69, 9.17) is 4.74 Å². The van der Waals surface area contributed by atoms with Crippen molar-refractivity contribution >= 4 is 11.7 Å². The van der Waals surface area contributed by atoms with Crippen molar-refractivity contribution in [3.8, 4) is 0 Å². The molecule has 1 aromatic heterocycles. The van der Waals surface area contributed by atoms with Gasteiger partial charge in [-0.1, -0.05) is 0 Å². The predicted octanol–water partition coefficient (Wildman–Crippen LogP) is 0.665. The highest BCUT2D eigenvalue weighted by molar-refractivity contribution is 5.87. The van der Waals surface area contributed by atoms with Gasteiger partial charge in [0.2, 0.25) is 5.95 Å². The number of nitrogens with zero attached hydrogens (tertiary/aromatic N) is 3. The van der Waals surface area contributed by atoms with Crippen LogP contribution >= 0.6 is 0 Å². The molecule has 0 aromatic carbocycles. The van der Waals surface area contributed by atoms with Gasteiger partial charge in [0.25, 0.3) is 0 Å². The third-order valence-corrected chi connectivity index (χ3v) is 1.68. The lowest BCUT2D eigenvalue weighted by atomic mass is 10.3. The molecule has 1 saturated heterocycles. The van der Waals surface area contributed by atoms with Crippen molar-refractivity contribution in [1.29, 1.82) is 0 Å². The quantitative estimate of drug-likeness (QED) is 0.676.